The second-order valence-electron chi connectivity index (χ2n) is 5.87. The number of fused-ring (bicyclic) bond motifs is 1. The molecule has 0 aliphatic rings. The zero-order valence-electron chi connectivity index (χ0n) is 13.9. The van der Waals surface area contributed by atoms with Gasteiger partial charge in [-0.05, 0) is 30.5 Å². The predicted molar refractivity (Wildman–Crippen MR) is 93.6 cm³/mol. The lowest BCUT2D eigenvalue weighted by Crippen LogP contribution is -2.23. The predicted octanol–water partition coefficient (Wildman–Crippen LogP) is 3.30. The van der Waals surface area contributed by atoms with Gasteiger partial charge in [-0.25, -0.2) is 4.79 Å². The molecule has 1 aromatic carbocycles. The van der Waals surface area contributed by atoms with Crippen LogP contribution in [0.5, 0.6) is 0 Å². The van der Waals surface area contributed by atoms with Crippen LogP contribution >= 0.6 is 11.6 Å². The quantitative estimate of drug-likeness (QED) is 0.705. The lowest BCUT2D eigenvalue weighted by Gasteiger charge is -2.10. The minimum atomic E-state index is -0.429. The van der Waals surface area contributed by atoms with Gasteiger partial charge in [0.1, 0.15) is 11.3 Å². The summed E-state index contributed by atoms with van der Waals surface area (Å²) in [4.78, 5) is 23.8. The van der Waals surface area contributed by atoms with E-state index < -0.39 is 5.63 Å². The first-order valence-electron chi connectivity index (χ1n) is 7.85. The first kappa shape index (κ1) is 17.2. The molecule has 1 amide bonds. The van der Waals surface area contributed by atoms with Gasteiger partial charge in [-0.1, -0.05) is 28.9 Å². The summed E-state index contributed by atoms with van der Waals surface area (Å²) < 4.78 is 10.3. The van der Waals surface area contributed by atoms with Crippen LogP contribution in [-0.2, 0) is 17.8 Å². The SMILES string of the molecule is Cc1ccc2c(CNC(=O)CCc3cc(Cl)no3)cc(=O)oc2c1C. The highest BCUT2D eigenvalue weighted by Gasteiger charge is 2.11. The minimum absolute atomic E-state index is 0.155. The van der Waals surface area contributed by atoms with Gasteiger partial charge in [-0.3, -0.25) is 4.79 Å². The molecule has 2 heterocycles. The molecule has 7 heteroatoms. The number of nitrogens with zero attached hydrogens (tertiary/aromatic N) is 1. The van der Waals surface area contributed by atoms with Crippen LogP contribution in [0.25, 0.3) is 11.0 Å². The van der Waals surface area contributed by atoms with E-state index in [4.69, 9.17) is 20.5 Å². The molecule has 6 nitrogen and oxygen atoms in total. The van der Waals surface area contributed by atoms with Gasteiger partial charge < -0.3 is 14.3 Å². The number of rotatable bonds is 5. The maximum Gasteiger partial charge on any atom is 0.336 e. The van der Waals surface area contributed by atoms with E-state index in [1.807, 2.05) is 26.0 Å². The first-order valence-corrected chi connectivity index (χ1v) is 8.22. The standard InChI is InChI=1S/C18H17ClN2O4/c1-10-3-5-14-12(7-17(23)24-18(14)11(10)2)9-20-16(22)6-4-13-8-15(19)21-25-13/h3,5,7-8H,4,6,9H2,1-2H3,(H,20,22). The topological polar surface area (TPSA) is 85.3 Å². The minimum Gasteiger partial charge on any atom is -0.422 e. The highest BCUT2D eigenvalue weighted by molar-refractivity contribution is 6.29. The van der Waals surface area contributed by atoms with Crippen LogP contribution in [0, 0.1) is 13.8 Å². The zero-order chi connectivity index (χ0) is 18.0. The molecule has 3 aromatic rings. The van der Waals surface area contributed by atoms with E-state index in [0.717, 1.165) is 22.1 Å². The average molecular weight is 361 g/mol. The number of nitrogens with one attached hydrogen (secondary N) is 1. The summed E-state index contributed by atoms with van der Waals surface area (Å²) >= 11 is 5.67. The van der Waals surface area contributed by atoms with Crippen molar-refractivity contribution in [1.29, 1.82) is 0 Å². The van der Waals surface area contributed by atoms with Crippen molar-refractivity contribution >= 4 is 28.5 Å². The van der Waals surface area contributed by atoms with E-state index in [1.165, 1.54) is 6.07 Å². The Morgan fingerprint density at radius 3 is 2.80 bits per heavy atom. The summed E-state index contributed by atoms with van der Waals surface area (Å²) in [6, 6.07) is 6.86. The van der Waals surface area contributed by atoms with E-state index in [2.05, 4.69) is 10.5 Å². The van der Waals surface area contributed by atoms with Crippen molar-refractivity contribution in [2.45, 2.75) is 33.2 Å². The Balaban J connectivity index is 1.71. The molecule has 0 aliphatic heterocycles. The van der Waals surface area contributed by atoms with Crippen LogP contribution in [0.2, 0.25) is 5.15 Å². The van der Waals surface area contributed by atoms with Crippen LogP contribution in [0.15, 0.2) is 38.0 Å². The molecule has 0 aliphatic carbocycles. The number of carbonyl (C=O) groups is 1. The summed E-state index contributed by atoms with van der Waals surface area (Å²) in [7, 11) is 0. The van der Waals surface area contributed by atoms with E-state index in [0.29, 0.717) is 17.8 Å². The summed E-state index contributed by atoms with van der Waals surface area (Å²) in [5, 5.41) is 7.47. The number of halogens is 1. The molecule has 0 saturated heterocycles. The van der Waals surface area contributed by atoms with Gasteiger partial charge >= 0.3 is 5.63 Å². The molecule has 0 saturated carbocycles. The lowest BCUT2D eigenvalue weighted by atomic mass is 10.0. The maximum atomic E-state index is 12.0. The fourth-order valence-corrected chi connectivity index (χ4v) is 2.75. The van der Waals surface area contributed by atoms with Gasteiger partial charge in [0.15, 0.2) is 5.15 Å². The molecule has 3 rings (SSSR count). The number of amides is 1. The summed E-state index contributed by atoms with van der Waals surface area (Å²) in [5.41, 5.74) is 2.83. The van der Waals surface area contributed by atoms with E-state index in [1.54, 1.807) is 6.07 Å². The van der Waals surface area contributed by atoms with E-state index in [-0.39, 0.29) is 24.0 Å². The highest BCUT2D eigenvalue weighted by Crippen LogP contribution is 2.23. The molecule has 0 fully saturated rings. The fraction of sp³-hybridized carbons (Fsp3) is 0.278. The number of carbonyl (C=O) groups excluding carboxylic acids is 1. The number of aromatic nitrogens is 1. The van der Waals surface area contributed by atoms with Crippen LogP contribution < -0.4 is 10.9 Å². The third kappa shape index (κ3) is 3.91. The van der Waals surface area contributed by atoms with Crippen LogP contribution in [-0.4, -0.2) is 11.1 Å². The monoisotopic (exact) mass is 360 g/mol. The fourth-order valence-electron chi connectivity index (χ4n) is 2.60. The smallest absolute Gasteiger partial charge is 0.336 e. The molecule has 0 spiro atoms. The van der Waals surface area contributed by atoms with Crippen molar-refractivity contribution in [3.05, 3.63) is 62.3 Å². The van der Waals surface area contributed by atoms with Gasteiger partial charge in [0, 0.05) is 36.9 Å². The third-order valence-electron chi connectivity index (χ3n) is 4.12. The largest absolute Gasteiger partial charge is 0.422 e. The Hall–Kier alpha value is -2.60. The normalized spacial score (nSPS) is 11.0. The Kier molecular flexibility index (Phi) is 4.90. The van der Waals surface area contributed by atoms with Gasteiger partial charge in [0.2, 0.25) is 5.91 Å². The highest BCUT2D eigenvalue weighted by atomic mass is 35.5. The van der Waals surface area contributed by atoms with Gasteiger partial charge in [0.25, 0.3) is 0 Å². The number of hydrogen-bond donors (Lipinski definition) is 1. The van der Waals surface area contributed by atoms with Crippen molar-refractivity contribution in [2.75, 3.05) is 0 Å². The second kappa shape index (κ2) is 7.11. The maximum absolute atomic E-state index is 12.0. The van der Waals surface area contributed by atoms with Crippen molar-refractivity contribution in [2.24, 2.45) is 0 Å². The molecular formula is C18H17ClN2O4. The summed E-state index contributed by atoms with van der Waals surface area (Å²) in [6.45, 7) is 4.12. The van der Waals surface area contributed by atoms with Gasteiger partial charge in [-0.15, -0.1) is 0 Å². The average Bonchev–Trinajstić information content (AvgIpc) is 3.00. The molecule has 0 radical (unpaired) electrons. The molecule has 2 aromatic heterocycles. The Bertz CT molecular complexity index is 990. The van der Waals surface area contributed by atoms with E-state index >= 15 is 0 Å². The molecule has 0 bridgehead atoms. The molecule has 0 atom stereocenters. The number of hydrogen-bond acceptors (Lipinski definition) is 5. The van der Waals surface area contributed by atoms with Crippen LogP contribution in [0.4, 0.5) is 0 Å². The Morgan fingerprint density at radius 2 is 2.08 bits per heavy atom. The van der Waals surface area contributed by atoms with Gasteiger partial charge in [-0.2, -0.15) is 0 Å². The second-order valence-corrected chi connectivity index (χ2v) is 6.25. The summed E-state index contributed by atoms with van der Waals surface area (Å²) in [5.74, 6) is 0.398. The lowest BCUT2D eigenvalue weighted by molar-refractivity contribution is -0.121. The van der Waals surface area contributed by atoms with Crippen molar-refractivity contribution < 1.29 is 13.7 Å². The van der Waals surface area contributed by atoms with Crippen LogP contribution in [0.3, 0.4) is 0 Å². The first-order chi connectivity index (χ1) is 11.9. The number of benzene rings is 1. The van der Waals surface area contributed by atoms with Crippen molar-refractivity contribution in [3.63, 3.8) is 0 Å². The summed E-state index contributed by atoms with van der Waals surface area (Å²) in [6.07, 6.45) is 0.643. The van der Waals surface area contributed by atoms with Crippen molar-refractivity contribution in [3.8, 4) is 0 Å². The molecule has 25 heavy (non-hydrogen) atoms. The molecular weight excluding hydrogens is 344 g/mol. The Labute approximate surface area is 148 Å². The number of aryl methyl sites for hydroxylation is 3. The molecule has 0 unspecified atom stereocenters. The molecule has 1 N–H and O–H groups in total. The zero-order valence-corrected chi connectivity index (χ0v) is 14.6. The molecule has 130 valence electrons. The van der Waals surface area contributed by atoms with Crippen molar-refractivity contribution in [1.82, 2.24) is 10.5 Å². The third-order valence-corrected chi connectivity index (χ3v) is 4.30. The van der Waals surface area contributed by atoms with E-state index in [9.17, 15) is 9.59 Å². The Morgan fingerprint density at radius 1 is 1.28 bits per heavy atom. The van der Waals surface area contributed by atoms with Gasteiger partial charge in [0.05, 0.1) is 0 Å². The van der Waals surface area contributed by atoms with Crippen LogP contribution in [0.1, 0.15) is 28.9 Å².